The molecule has 9 heteroatoms. The molecule has 3 heterocycles. The van der Waals surface area contributed by atoms with Crippen LogP contribution in [0.5, 0.6) is 5.88 Å². The summed E-state index contributed by atoms with van der Waals surface area (Å²) in [5, 5.41) is 24.7. The topological polar surface area (TPSA) is 110 Å². The van der Waals surface area contributed by atoms with Gasteiger partial charge in [-0.05, 0) is 45.7 Å². The van der Waals surface area contributed by atoms with Gasteiger partial charge in [0.2, 0.25) is 17.7 Å². The molecule has 0 unspecified atom stereocenters. The molecular formula is C27H35N7O2. The number of hydrogen-bond acceptors (Lipinski definition) is 7. The molecule has 1 aromatic carbocycles. The van der Waals surface area contributed by atoms with Crippen LogP contribution in [0.4, 0.5) is 11.8 Å². The monoisotopic (exact) mass is 489 g/mol. The Hall–Kier alpha value is -3.80. The van der Waals surface area contributed by atoms with Gasteiger partial charge in [0.25, 0.3) is 0 Å². The lowest BCUT2D eigenvalue weighted by Crippen LogP contribution is -2.48. The molecule has 0 bridgehead atoms. The van der Waals surface area contributed by atoms with Crippen LogP contribution < -0.4 is 10.2 Å². The smallest absolute Gasteiger partial charge is 0.228 e. The predicted octanol–water partition coefficient (Wildman–Crippen LogP) is 4.36. The van der Waals surface area contributed by atoms with E-state index in [-0.39, 0.29) is 23.9 Å². The Kier molecular flexibility index (Phi) is 6.81. The maximum Gasteiger partial charge on any atom is 0.228 e. The maximum atomic E-state index is 11.7. The molecule has 0 aliphatic carbocycles. The largest absolute Gasteiger partial charge is 0.493 e. The number of fused-ring (bicyclic) bond motifs is 1. The van der Waals surface area contributed by atoms with Gasteiger partial charge >= 0.3 is 0 Å². The fraction of sp³-hybridized carbons (Fsp3) is 0.481. The van der Waals surface area contributed by atoms with Crippen molar-refractivity contribution in [2.24, 2.45) is 0 Å². The number of rotatable bonds is 6. The first-order chi connectivity index (χ1) is 17.0. The molecule has 9 nitrogen and oxygen atoms in total. The minimum absolute atomic E-state index is 0.0584. The third-order valence-electron chi connectivity index (χ3n) is 6.99. The van der Waals surface area contributed by atoms with Crippen LogP contribution >= 0.6 is 0 Å². The molecule has 1 fully saturated rings. The number of amides is 1. The summed E-state index contributed by atoms with van der Waals surface area (Å²) in [6.07, 6.45) is 1.89. The van der Waals surface area contributed by atoms with Gasteiger partial charge in [0.15, 0.2) is 0 Å². The third-order valence-corrected chi connectivity index (χ3v) is 6.99. The van der Waals surface area contributed by atoms with Gasteiger partial charge in [-0.25, -0.2) is 4.98 Å². The van der Waals surface area contributed by atoms with Gasteiger partial charge in [-0.15, -0.1) is 0 Å². The summed E-state index contributed by atoms with van der Waals surface area (Å²) >= 11 is 0. The number of carbonyl (C=O) groups excluding carboxylic acids is 1. The number of aromatic hydroxyl groups is 1. The Bertz CT molecular complexity index is 1300. The number of aromatic nitrogens is 3. The zero-order valence-corrected chi connectivity index (χ0v) is 21.9. The van der Waals surface area contributed by atoms with Crippen molar-refractivity contribution in [3.05, 3.63) is 41.6 Å². The fourth-order valence-electron chi connectivity index (χ4n) is 4.48. The predicted molar refractivity (Wildman–Crippen MR) is 141 cm³/mol. The second kappa shape index (κ2) is 9.69. The van der Waals surface area contributed by atoms with Crippen molar-refractivity contribution in [3.63, 3.8) is 0 Å². The van der Waals surface area contributed by atoms with Crippen molar-refractivity contribution in [2.75, 3.05) is 36.4 Å². The van der Waals surface area contributed by atoms with Crippen LogP contribution in [0.2, 0.25) is 0 Å². The zero-order chi connectivity index (χ0) is 26.2. The highest BCUT2D eigenvalue weighted by Gasteiger charge is 2.25. The second-order valence-corrected chi connectivity index (χ2v) is 10.3. The van der Waals surface area contributed by atoms with E-state index in [2.05, 4.69) is 23.2 Å². The number of nitrogens with zero attached hydrogens (tertiary/aromatic N) is 6. The normalized spacial score (nSPS) is 15.3. The van der Waals surface area contributed by atoms with Gasteiger partial charge in [0, 0.05) is 51.4 Å². The average Bonchev–Trinajstić information content (AvgIpc) is 3.21. The van der Waals surface area contributed by atoms with Gasteiger partial charge in [-0.2, -0.15) is 10.2 Å². The molecule has 1 saturated heterocycles. The highest BCUT2D eigenvalue weighted by Crippen LogP contribution is 2.35. The molecule has 1 aliphatic rings. The Morgan fingerprint density at radius 1 is 1.11 bits per heavy atom. The summed E-state index contributed by atoms with van der Waals surface area (Å²) in [5.41, 5.74) is 1.98. The number of nitriles is 1. The molecule has 190 valence electrons. The molecule has 3 aromatic rings. The fourth-order valence-corrected chi connectivity index (χ4v) is 4.48. The molecule has 1 aliphatic heterocycles. The highest BCUT2D eigenvalue weighted by atomic mass is 16.3. The molecule has 1 atom stereocenters. The Labute approximate surface area is 212 Å². The summed E-state index contributed by atoms with van der Waals surface area (Å²) < 4.78 is 1.80. The summed E-state index contributed by atoms with van der Waals surface area (Å²) in [6.45, 7) is 14.0. The lowest BCUT2D eigenvalue weighted by atomic mass is 9.85. The van der Waals surface area contributed by atoms with Crippen LogP contribution in [0.1, 0.15) is 64.8 Å². The number of anilines is 2. The van der Waals surface area contributed by atoms with E-state index in [1.165, 1.54) is 0 Å². The lowest BCUT2D eigenvalue weighted by Gasteiger charge is -2.34. The SMILES string of the molecule is CC(=O)N1CCN(c2nc(N[C@H](C)c3ccc(C(C)(C)C#N)cc3)c3cn(C(C)C)c(O)c3n2)CC1. The lowest BCUT2D eigenvalue weighted by molar-refractivity contribution is -0.129. The average molecular weight is 490 g/mol. The quantitative estimate of drug-likeness (QED) is 0.529. The Morgan fingerprint density at radius 2 is 1.75 bits per heavy atom. The summed E-state index contributed by atoms with van der Waals surface area (Å²) in [4.78, 5) is 25.2. The van der Waals surface area contributed by atoms with E-state index in [0.717, 1.165) is 16.5 Å². The molecule has 2 aromatic heterocycles. The van der Waals surface area contributed by atoms with Crippen LogP contribution in [-0.4, -0.2) is 56.6 Å². The Morgan fingerprint density at radius 3 is 2.31 bits per heavy atom. The molecular weight excluding hydrogens is 454 g/mol. The Balaban J connectivity index is 1.68. The molecule has 0 saturated carbocycles. The van der Waals surface area contributed by atoms with Gasteiger partial charge < -0.3 is 24.8 Å². The van der Waals surface area contributed by atoms with E-state index >= 15 is 0 Å². The minimum atomic E-state index is -0.549. The number of benzene rings is 1. The molecule has 4 rings (SSSR count). The first-order valence-corrected chi connectivity index (χ1v) is 12.4. The van der Waals surface area contributed by atoms with E-state index in [1.54, 1.807) is 11.5 Å². The van der Waals surface area contributed by atoms with Crippen LogP contribution in [0.3, 0.4) is 0 Å². The van der Waals surface area contributed by atoms with Crippen LogP contribution in [0.25, 0.3) is 10.9 Å². The number of hydrogen-bond donors (Lipinski definition) is 2. The summed E-state index contributed by atoms with van der Waals surface area (Å²) in [5.74, 6) is 1.36. The van der Waals surface area contributed by atoms with Gasteiger partial charge in [-0.3, -0.25) is 4.79 Å². The number of piperazine rings is 1. The van der Waals surface area contributed by atoms with Crippen LogP contribution in [0.15, 0.2) is 30.5 Å². The molecule has 1 amide bonds. The van der Waals surface area contributed by atoms with Crippen molar-refractivity contribution in [1.82, 2.24) is 19.4 Å². The van der Waals surface area contributed by atoms with Crippen LogP contribution in [0, 0.1) is 11.3 Å². The van der Waals surface area contributed by atoms with E-state index in [1.807, 2.05) is 63.1 Å². The molecule has 36 heavy (non-hydrogen) atoms. The van der Waals surface area contributed by atoms with Crippen molar-refractivity contribution in [2.45, 2.75) is 59.0 Å². The minimum Gasteiger partial charge on any atom is -0.493 e. The van der Waals surface area contributed by atoms with E-state index in [0.29, 0.717) is 43.5 Å². The highest BCUT2D eigenvalue weighted by molar-refractivity contribution is 5.94. The van der Waals surface area contributed by atoms with E-state index in [9.17, 15) is 15.2 Å². The second-order valence-electron chi connectivity index (χ2n) is 10.3. The van der Waals surface area contributed by atoms with Crippen molar-refractivity contribution >= 4 is 28.6 Å². The van der Waals surface area contributed by atoms with E-state index < -0.39 is 5.41 Å². The molecule has 2 N–H and O–H groups in total. The van der Waals surface area contributed by atoms with Crippen molar-refractivity contribution in [3.8, 4) is 11.9 Å². The number of carbonyl (C=O) groups is 1. The van der Waals surface area contributed by atoms with Gasteiger partial charge in [-0.1, -0.05) is 24.3 Å². The standard InChI is InChI=1S/C27H35N7O2/c1-17(2)34-15-22-23(25(34)36)30-26(33-13-11-32(12-14-33)19(4)35)31-24(22)29-18(3)20-7-9-21(10-8-20)27(5,6)16-28/h7-10,15,17-18,36H,11-14H2,1-6H3,(H,29,30,31)/t18-/m1/s1. The van der Waals surface area contributed by atoms with Gasteiger partial charge in [0.05, 0.1) is 16.9 Å². The first kappa shape index (κ1) is 25.3. The molecule has 0 radical (unpaired) electrons. The first-order valence-electron chi connectivity index (χ1n) is 12.4. The number of nitrogens with one attached hydrogen (secondary N) is 1. The van der Waals surface area contributed by atoms with Crippen molar-refractivity contribution < 1.29 is 9.90 Å². The van der Waals surface area contributed by atoms with Crippen molar-refractivity contribution in [1.29, 1.82) is 5.26 Å². The summed E-state index contributed by atoms with van der Waals surface area (Å²) in [6, 6.07) is 10.4. The van der Waals surface area contributed by atoms with E-state index in [4.69, 9.17) is 9.97 Å². The van der Waals surface area contributed by atoms with Crippen LogP contribution in [-0.2, 0) is 10.2 Å². The summed E-state index contributed by atoms with van der Waals surface area (Å²) in [7, 11) is 0. The zero-order valence-electron chi connectivity index (χ0n) is 21.9. The maximum absolute atomic E-state index is 11.7. The van der Waals surface area contributed by atoms with Gasteiger partial charge in [0.1, 0.15) is 11.3 Å². The molecule has 0 spiro atoms. The third kappa shape index (κ3) is 4.81.